The average molecular weight is 467 g/mol. The second-order valence-electron chi connectivity index (χ2n) is 7.50. The molecule has 2 N–H and O–H groups in total. The maximum Gasteiger partial charge on any atom is 0.256 e. The third-order valence-corrected chi connectivity index (χ3v) is 6.16. The summed E-state index contributed by atoms with van der Waals surface area (Å²) >= 11 is 13.3. The van der Waals surface area contributed by atoms with Gasteiger partial charge in [-0.05, 0) is 43.9 Å². The molecule has 0 saturated heterocycles. The highest BCUT2D eigenvalue weighted by Gasteiger charge is 2.35. The van der Waals surface area contributed by atoms with Crippen molar-refractivity contribution >= 4 is 57.4 Å². The van der Waals surface area contributed by atoms with E-state index in [-0.39, 0.29) is 41.8 Å². The number of nitrogens with one attached hydrogen (secondary N) is 2. The van der Waals surface area contributed by atoms with Crippen LogP contribution in [0.4, 0.5) is 5.13 Å². The first kappa shape index (κ1) is 21.1. The molecule has 30 heavy (non-hydrogen) atoms. The minimum Gasteiger partial charge on any atom is -0.353 e. The molecular formula is C20H20Cl2N4O3S. The summed E-state index contributed by atoms with van der Waals surface area (Å²) in [7, 11) is 0. The van der Waals surface area contributed by atoms with Crippen molar-refractivity contribution in [2.45, 2.75) is 44.2 Å². The smallest absolute Gasteiger partial charge is 0.256 e. The molecule has 0 aliphatic heterocycles. The van der Waals surface area contributed by atoms with E-state index in [1.807, 2.05) is 0 Å². The van der Waals surface area contributed by atoms with Crippen LogP contribution < -0.4 is 10.6 Å². The molecule has 10 heteroatoms. The van der Waals surface area contributed by atoms with Crippen molar-refractivity contribution in [3.8, 4) is 0 Å². The van der Waals surface area contributed by atoms with Crippen molar-refractivity contribution in [1.82, 2.24) is 15.2 Å². The van der Waals surface area contributed by atoms with Crippen LogP contribution in [-0.2, 0) is 16.0 Å². The van der Waals surface area contributed by atoms with Gasteiger partial charge in [0.05, 0.1) is 22.7 Å². The van der Waals surface area contributed by atoms with Gasteiger partial charge in [-0.15, -0.1) is 11.3 Å². The van der Waals surface area contributed by atoms with Crippen LogP contribution in [0.3, 0.4) is 0 Å². The number of thiazole rings is 1. The van der Waals surface area contributed by atoms with Gasteiger partial charge in [-0.1, -0.05) is 23.2 Å². The zero-order valence-corrected chi connectivity index (χ0v) is 18.3. The van der Waals surface area contributed by atoms with Gasteiger partial charge >= 0.3 is 0 Å². The van der Waals surface area contributed by atoms with Crippen LogP contribution in [0.25, 0.3) is 0 Å². The highest BCUT2D eigenvalue weighted by Crippen LogP contribution is 2.30. The molecule has 2 aliphatic rings. The van der Waals surface area contributed by atoms with E-state index in [4.69, 9.17) is 23.2 Å². The number of halogens is 2. The van der Waals surface area contributed by atoms with E-state index < -0.39 is 0 Å². The maximum absolute atomic E-state index is 12.9. The fourth-order valence-electron chi connectivity index (χ4n) is 3.00. The molecule has 2 saturated carbocycles. The molecule has 1 aromatic carbocycles. The number of nitrogens with zero attached hydrogens (tertiary/aromatic N) is 2. The zero-order chi connectivity index (χ0) is 21.3. The third kappa shape index (κ3) is 5.50. The third-order valence-electron chi connectivity index (χ3n) is 4.81. The van der Waals surface area contributed by atoms with Gasteiger partial charge in [0.2, 0.25) is 11.8 Å². The molecule has 7 nitrogen and oxygen atoms in total. The number of anilines is 1. The Morgan fingerprint density at radius 1 is 1.13 bits per heavy atom. The molecular weight excluding hydrogens is 447 g/mol. The Bertz CT molecular complexity index is 988. The molecule has 0 spiro atoms. The van der Waals surface area contributed by atoms with E-state index in [0.717, 1.165) is 25.7 Å². The lowest BCUT2D eigenvalue weighted by molar-refractivity contribution is -0.120. The molecule has 1 heterocycles. The Labute approximate surface area is 187 Å². The van der Waals surface area contributed by atoms with Crippen molar-refractivity contribution in [2.75, 3.05) is 11.9 Å². The summed E-state index contributed by atoms with van der Waals surface area (Å²) in [5.41, 5.74) is 0.926. The molecule has 158 valence electrons. The van der Waals surface area contributed by atoms with Crippen molar-refractivity contribution in [3.63, 3.8) is 0 Å². The summed E-state index contributed by atoms with van der Waals surface area (Å²) in [5.74, 6) is -0.708. The molecule has 3 amide bonds. The average Bonchev–Trinajstić information content (AvgIpc) is 3.60. The van der Waals surface area contributed by atoms with Crippen LogP contribution in [-0.4, -0.2) is 46.2 Å². The van der Waals surface area contributed by atoms with Crippen LogP contribution in [0.5, 0.6) is 0 Å². The Morgan fingerprint density at radius 3 is 2.57 bits per heavy atom. The summed E-state index contributed by atoms with van der Waals surface area (Å²) < 4.78 is 0. The minimum atomic E-state index is -0.344. The van der Waals surface area contributed by atoms with Gasteiger partial charge in [0.25, 0.3) is 5.91 Å². The fourth-order valence-corrected chi connectivity index (χ4v) is 4.22. The summed E-state index contributed by atoms with van der Waals surface area (Å²) in [4.78, 5) is 43.2. The van der Waals surface area contributed by atoms with E-state index in [9.17, 15) is 14.4 Å². The normalized spacial score (nSPS) is 15.5. The lowest BCUT2D eigenvalue weighted by Crippen LogP contribution is -2.39. The molecule has 2 fully saturated rings. The number of amides is 3. The quantitative estimate of drug-likeness (QED) is 0.622. The summed E-state index contributed by atoms with van der Waals surface area (Å²) in [5, 5.41) is 8.48. The lowest BCUT2D eigenvalue weighted by Gasteiger charge is -2.22. The zero-order valence-electron chi connectivity index (χ0n) is 16.0. The van der Waals surface area contributed by atoms with Crippen LogP contribution in [0.2, 0.25) is 10.0 Å². The van der Waals surface area contributed by atoms with Crippen molar-refractivity contribution < 1.29 is 14.4 Å². The number of aromatic nitrogens is 1. The predicted molar refractivity (Wildman–Crippen MR) is 116 cm³/mol. The Balaban J connectivity index is 1.35. The highest BCUT2D eigenvalue weighted by atomic mass is 35.5. The van der Waals surface area contributed by atoms with Gasteiger partial charge < -0.3 is 15.5 Å². The topological polar surface area (TPSA) is 91.4 Å². The molecule has 0 bridgehead atoms. The van der Waals surface area contributed by atoms with E-state index >= 15 is 0 Å². The van der Waals surface area contributed by atoms with E-state index in [2.05, 4.69) is 15.6 Å². The summed E-state index contributed by atoms with van der Waals surface area (Å²) in [6.45, 7) is -0.0977. The number of benzene rings is 1. The van der Waals surface area contributed by atoms with E-state index in [1.54, 1.807) is 17.5 Å². The van der Waals surface area contributed by atoms with E-state index in [1.165, 1.54) is 22.3 Å². The van der Waals surface area contributed by atoms with Crippen LogP contribution in [0.1, 0.15) is 41.7 Å². The van der Waals surface area contributed by atoms with Gasteiger partial charge in [-0.25, -0.2) is 4.98 Å². The molecule has 0 unspecified atom stereocenters. The Kier molecular flexibility index (Phi) is 6.26. The first-order chi connectivity index (χ1) is 14.4. The maximum atomic E-state index is 12.9. The monoisotopic (exact) mass is 466 g/mol. The molecule has 2 aliphatic carbocycles. The van der Waals surface area contributed by atoms with Gasteiger partial charge in [-0.2, -0.15) is 0 Å². The van der Waals surface area contributed by atoms with Gasteiger partial charge in [0.1, 0.15) is 6.54 Å². The van der Waals surface area contributed by atoms with Crippen molar-refractivity contribution in [2.24, 2.45) is 0 Å². The minimum absolute atomic E-state index is 0.0213. The van der Waals surface area contributed by atoms with Crippen LogP contribution in [0, 0.1) is 0 Å². The fraction of sp³-hybridized carbons (Fsp3) is 0.400. The molecule has 1 aromatic heterocycles. The van der Waals surface area contributed by atoms with Crippen LogP contribution in [0.15, 0.2) is 23.6 Å². The SMILES string of the molecule is O=C(CN(C(=O)c1ccc(Cl)cc1Cl)C1CC1)Nc1nc(CC(=O)NC2CC2)cs1. The number of carbonyl (C=O) groups is 3. The first-order valence-corrected chi connectivity index (χ1v) is 11.3. The predicted octanol–water partition coefficient (Wildman–Crippen LogP) is 3.51. The second-order valence-corrected chi connectivity index (χ2v) is 9.20. The molecule has 4 rings (SSSR count). The molecule has 0 radical (unpaired) electrons. The van der Waals surface area contributed by atoms with Crippen molar-refractivity contribution in [1.29, 1.82) is 0 Å². The van der Waals surface area contributed by atoms with Gasteiger partial charge in [-0.3, -0.25) is 14.4 Å². The number of hydrogen-bond acceptors (Lipinski definition) is 5. The van der Waals surface area contributed by atoms with Gasteiger partial charge in [0, 0.05) is 22.5 Å². The largest absolute Gasteiger partial charge is 0.353 e. The second kappa shape index (κ2) is 8.91. The Morgan fingerprint density at radius 2 is 1.90 bits per heavy atom. The Hall–Kier alpha value is -2.16. The lowest BCUT2D eigenvalue weighted by atomic mass is 10.2. The standard InChI is InChI=1S/C20H20Cl2N4O3S/c21-11-1-6-15(16(22)7-11)19(29)26(14-4-5-14)9-18(28)25-20-24-13(10-30-20)8-17(27)23-12-2-3-12/h1,6-7,10,12,14H,2-5,8-9H2,(H,23,27)(H,24,25,28). The molecule has 0 atom stereocenters. The van der Waals surface area contributed by atoms with E-state index in [0.29, 0.717) is 27.5 Å². The highest BCUT2D eigenvalue weighted by molar-refractivity contribution is 7.13. The van der Waals surface area contributed by atoms with Gasteiger partial charge in [0.15, 0.2) is 5.13 Å². The van der Waals surface area contributed by atoms with Crippen LogP contribution >= 0.6 is 34.5 Å². The number of hydrogen-bond donors (Lipinski definition) is 2. The molecule has 2 aromatic rings. The number of carbonyl (C=O) groups excluding carboxylic acids is 3. The first-order valence-electron chi connectivity index (χ1n) is 9.68. The number of rotatable bonds is 8. The summed E-state index contributed by atoms with van der Waals surface area (Å²) in [6, 6.07) is 5.00. The summed E-state index contributed by atoms with van der Waals surface area (Å²) in [6.07, 6.45) is 3.94. The van der Waals surface area contributed by atoms with Crippen molar-refractivity contribution in [3.05, 3.63) is 44.9 Å².